The van der Waals surface area contributed by atoms with E-state index in [2.05, 4.69) is 20.8 Å². The van der Waals surface area contributed by atoms with Gasteiger partial charge >= 0.3 is 0 Å². The lowest BCUT2D eigenvalue weighted by Crippen LogP contribution is -2.15. The van der Waals surface area contributed by atoms with Crippen molar-refractivity contribution in [3.8, 4) is 0 Å². The van der Waals surface area contributed by atoms with Gasteiger partial charge in [-0.15, -0.1) is 0 Å². The molecule has 1 nitrogen and oxygen atoms in total. The van der Waals surface area contributed by atoms with Gasteiger partial charge in [0.05, 0.1) is 0 Å². The molecule has 0 aliphatic heterocycles. The van der Waals surface area contributed by atoms with E-state index in [1.54, 1.807) is 12.1 Å². The lowest BCUT2D eigenvalue weighted by molar-refractivity contribution is -0.00579. The van der Waals surface area contributed by atoms with Gasteiger partial charge in [0.2, 0.25) is 0 Å². The third-order valence-corrected chi connectivity index (χ3v) is 3.16. The summed E-state index contributed by atoms with van der Waals surface area (Å²) in [6, 6.07) is 6.77. The molecule has 0 saturated carbocycles. The summed E-state index contributed by atoms with van der Waals surface area (Å²) in [5.74, 6) is 0. The zero-order valence-electron chi connectivity index (χ0n) is 9.87. The molecule has 1 rings (SSSR count). The van der Waals surface area contributed by atoms with Crippen molar-refractivity contribution in [2.45, 2.75) is 45.1 Å². The maximum Gasteiger partial charge on any atom is 0.268 e. The van der Waals surface area contributed by atoms with E-state index in [1.165, 1.54) is 0 Å². The predicted octanol–water partition coefficient (Wildman–Crippen LogP) is 3.67. The molecule has 1 aromatic carbocycles. The molecule has 0 fully saturated rings. The van der Waals surface area contributed by atoms with Gasteiger partial charge in [0, 0.05) is 0 Å². The zero-order chi connectivity index (χ0) is 12.3. The zero-order valence-corrected chi connectivity index (χ0v) is 9.87. The smallest absolute Gasteiger partial charge is 0.268 e. The minimum Gasteiger partial charge on any atom is -0.382 e. The van der Waals surface area contributed by atoms with Crippen LogP contribution in [0.2, 0.25) is 0 Å². The quantitative estimate of drug-likeness (QED) is 0.833. The number of aliphatic hydroxyl groups is 1. The first-order valence-electron chi connectivity index (χ1n) is 5.45. The first-order valence-corrected chi connectivity index (χ1v) is 5.45. The van der Waals surface area contributed by atoms with E-state index in [-0.39, 0.29) is 11.0 Å². The van der Waals surface area contributed by atoms with Crippen LogP contribution in [-0.4, -0.2) is 11.5 Å². The third-order valence-electron chi connectivity index (χ3n) is 3.16. The maximum atomic E-state index is 12.3. The normalized spacial score (nSPS) is 14.2. The second kappa shape index (κ2) is 4.91. The molecule has 0 amide bonds. The van der Waals surface area contributed by atoms with E-state index in [0.29, 0.717) is 0 Å². The third kappa shape index (κ3) is 2.79. The Morgan fingerprint density at radius 2 is 1.69 bits per heavy atom. The molecule has 16 heavy (non-hydrogen) atoms. The second-order valence-electron chi connectivity index (χ2n) is 4.64. The summed E-state index contributed by atoms with van der Waals surface area (Å²) in [5, 5.41) is 9.20. The van der Waals surface area contributed by atoms with Crippen LogP contribution in [0.15, 0.2) is 24.3 Å². The van der Waals surface area contributed by atoms with Gasteiger partial charge in [-0.1, -0.05) is 45.0 Å². The molecule has 0 saturated heterocycles. The van der Waals surface area contributed by atoms with Gasteiger partial charge in [0.1, 0.15) is 6.10 Å². The highest BCUT2D eigenvalue weighted by Crippen LogP contribution is 2.28. The van der Waals surface area contributed by atoms with Gasteiger partial charge in [0.25, 0.3) is 6.43 Å². The molecule has 0 aliphatic carbocycles. The van der Waals surface area contributed by atoms with Crippen molar-refractivity contribution in [3.05, 3.63) is 35.4 Å². The van der Waals surface area contributed by atoms with Crippen LogP contribution in [-0.2, 0) is 5.41 Å². The Morgan fingerprint density at radius 3 is 2.06 bits per heavy atom. The van der Waals surface area contributed by atoms with Gasteiger partial charge in [-0.25, -0.2) is 8.78 Å². The van der Waals surface area contributed by atoms with Crippen LogP contribution in [0, 0.1) is 0 Å². The summed E-state index contributed by atoms with van der Waals surface area (Å²) in [7, 11) is 0. The van der Waals surface area contributed by atoms with Gasteiger partial charge in [-0.3, -0.25) is 0 Å². The second-order valence-corrected chi connectivity index (χ2v) is 4.64. The van der Waals surface area contributed by atoms with Crippen molar-refractivity contribution >= 4 is 0 Å². The van der Waals surface area contributed by atoms with Crippen molar-refractivity contribution in [1.29, 1.82) is 0 Å². The molecule has 0 radical (unpaired) electrons. The van der Waals surface area contributed by atoms with Crippen LogP contribution in [0.4, 0.5) is 8.78 Å². The van der Waals surface area contributed by atoms with Crippen LogP contribution in [0.1, 0.15) is 44.4 Å². The Morgan fingerprint density at radius 1 is 1.19 bits per heavy atom. The molecular formula is C13H18F2O. The Labute approximate surface area is 95.1 Å². The Balaban J connectivity index is 2.91. The molecule has 0 heterocycles. The maximum absolute atomic E-state index is 12.3. The van der Waals surface area contributed by atoms with E-state index >= 15 is 0 Å². The van der Waals surface area contributed by atoms with Crippen LogP contribution >= 0.6 is 0 Å². The van der Waals surface area contributed by atoms with E-state index < -0.39 is 12.5 Å². The lowest BCUT2D eigenvalue weighted by atomic mass is 9.82. The van der Waals surface area contributed by atoms with E-state index in [4.69, 9.17) is 0 Å². The Kier molecular flexibility index (Phi) is 4.03. The molecule has 1 N–H and O–H groups in total. The van der Waals surface area contributed by atoms with E-state index in [0.717, 1.165) is 12.0 Å². The van der Waals surface area contributed by atoms with Crippen LogP contribution in [0.5, 0.6) is 0 Å². The fourth-order valence-corrected chi connectivity index (χ4v) is 1.48. The first-order chi connectivity index (χ1) is 7.38. The van der Waals surface area contributed by atoms with Crippen molar-refractivity contribution in [2.75, 3.05) is 0 Å². The van der Waals surface area contributed by atoms with Gasteiger partial charge in [0.15, 0.2) is 0 Å². The van der Waals surface area contributed by atoms with E-state index in [1.807, 2.05) is 12.1 Å². The van der Waals surface area contributed by atoms with Gasteiger partial charge < -0.3 is 5.11 Å². The van der Waals surface area contributed by atoms with Gasteiger partial charge in [-0.05, 0) is 23.0 Å². The van der Waals surface area contributed by atoms with Crippen LogP contribution in [0.3, 0.4) is 0 Å². The van der Waals surface area contributed by atoms with Crippen molar-refractivity contribution in [1.82, 2.24) is 0 Å². The van der Waals surface area contributed by atoms with Crippen molar-refractivity contribution in [2.24, 2.45) is 0 Å². The number of rotatable bonds is 4. The molecule has 3 heteroatoms. The highest BCUT2D eigenvalue weighted by atomic mass is 19.3. The minimum absolute atomic E-state index is 0.0360. The molecule has 90 valence electrons. The summed E-state index contributed by atoms with van der Waals surface area (Å²) in [4.78, 5) is 0. The average Bonchev–Trinajstić information content (AvgIpc) is 2.28. The van der Waals surface area contributed by atoms with Crippen molar-refractivity contribution < 1.29 is 13.9 Å². The Bertz CT molecular complexity index is 330. The van der Waals surface area contributed by atoms with Crippen LogP contribution < -0.4 is 0 Å². The SMILES string of the molecule is CCC(C)(C)c1ccc(C(O)C(F)F)cc1. The Hall–Kier alpha value is -0.960. The standard InChI is InChI=1S/C13H18F2O/c1-4-13(2,3)10-7-5-9(6-8-10)11(16)12(14)15/h5-8,11-12,16H,4H2,1-3H3. The number of benzene rings is 1. The summed E-state index contributed by atoms with van der Waals surface area (Å²) in [6.45, 7) is 6.29. The first kappa shape index (κ1) is 13.1. The number of aliphatic hydroxyl groups excluding tert-OH is 1. The minimum atomic E-state index is -2.73. The fraction of sp³-hybridized carbons (Fsp3) is 0.538. The molecule has 0 aliphatic rings. The summed E-state index contributed by atoms with van der Waals surface area (Å²) < 4.78 is 24.5. The topological polar surface area (TPSA) is 20.2 Å². The monoisotopic (exact) mass is 228 g/mol. The number of halogens is 2. The van der Waals surface area contributed by atoms with Gasteiger partial charge in [-0.2, -0.15) is 0 Å². The van der Waals surface area contributed by atoms with E-state index in [9.17, 15) is 13.9 Å². The van der Waals surface area contributed by atoms with Crippen LogP contribution in [0.25, 0.3) is 0 Å². The summed E-state index contributed by atoms with van der Waals surface area (Å²) in [5.41, 5.74) is 1.40. The van der Waals surface area contributed by atoms with Crippen molar-refractivity contribution in [3.63, 3.8) is 0 Å². The number of hydrogen-bond donors (Lipinski definition) is 1. The lowest BCUT2D eigenvalue weighted by Gasteiger charge is -2.23. The molecule has 1 atom stereocenters. The average molecular weight is 228 g/mol. The fourth-order valence-electron chi connectivity index (χ4n) is 1.48. The molecule has 0 bridgehead atoms. The number of hydrogen-bond acceptors (Lipinski definition) is 1. The molecule has 0 aromatic heterocycles. The summed E-state index contributed by atoms with van der Waals surface area (Å²) >= 11 is 0. The highest BCUT2D eigenvalue weighted by molar-refractivity contribution is 5.29. The molecule has 0 spiro atoms. The highest BCUT2D eigenvalue weighted by Gasteiger charge is 2.21. The molecule has 1 unspecified atom stereocenters. The molecule has 1 aromatic rings. The number of alkyl halides is 2. The predicted molar refractivity (Wildman–Crippen MR) is 60.7 cm³/mol. The largest absolute Gasteiger partial charge is 0.382 e. The summed E-state index contributed by atoms with van der Waals surface area (Å²) in [6.07, 6.45) is -3.44. The molecular weight excluding hydrogens is 210 g/mol.